The van der Waals surface area contributed by atoms with Crippen molar-refractivity contribution in [2.24, 2.45) is 0 Å². The second kappa shape index (κ2) is 10.3. The number of methoxy groups -OCH3 is 1. The van der Waals surface area contributed by atoms with Gasteiger partial charge in [-0.05, 0) is 50.2 Å². The summed E-state index contributed by atoms with van der Waals surface area (Å²) in [5.74, 6) is 1.38. The molecule has 0 saturated carbocycles. The van der Waals surface area contributed by atoms with Crippen molar-refractivity contribution >= 4 is 29.5 Å². The van der Waals surface area contributed by atoms with Crippen LogP contribution < -0.4 is 9.64 Å². The Morgan fingerprint density at radius 1 is 1.10 bits per heavy atom. The van der Waals surface area contributed by atoms with E-state index in [4.69, 9.17) is 9.47 Å². The molecule has 160 valence electrons. The van der Waals surface area contributed by atoms with Crippen LogP contribution in [0, 0.1) is 0 Å². The van der Waals surface area contributed by atoms with Gasteiger partial charge in [-0.1, -0.05) is 0 Å². The maximum atomic E-state index is 12.8. The molecule has 0 aliphatic carbocycles. The summed E-state index contributed by atoms with van der Waals surface area (Å²) in [6.45, 7) is 6.76. The quantitative estimate of drug-likeness (QED) is 0.495. The van der Waals surface area contributed by atoms with E-state index in [2.05, 4.69) is 9.88 Å². The Kier molecular flexibility index (Phi) is 7.57. The van der Waals surface area contributed by atoms with Gasteiger partial charge in [0.15, 0.2) is 0 Å². The Balaban J connectivity index is 1.51. The van der Waals surface area contributed by atoms with E-state index in [0.717, 1.165) is 16.5 Å². The number of carbonyl (C=O) groups excluding carboxylic acids is 2. The van der Waals surface area contributed by atoms with Crippen LogP contribution in [0.2, 0.25) is 0 Å². The van der Waals surface area contributed by atoms with E-state index < -0.39 is 0 Å². The van der Waals surface area contributed by atoms with Crippen molar-refractivity contribution in [3.8, 4) is 5.75 Å². The Hall–Kier alpha value is -2.74. The van der Waals surface area contributed by atoms with Gasteiger partial charge in [-0.15, -0.1) is 11.8 Å². The molecule has 0 N–H and O–H groups in total. The van der Waals surface area contributed by atoms with E-state index in [-0.39, 0.29) is 17.1 Å². The van der Waals surface area contributed by atoms with Crippen molar-refractivity contribution in [3.63, 3.8) is 0 Å². The number of benzene rings is 1. The molecule has 1 amide bonds. The molecule has 1 aliphatic rings. The highest BCUT2D eigenvalue weighted by atomic mass is 32.2. The lowest BCUT2D eigenvalue weighted by atomic mass is 10.2. The van der Waals surface area contributed by atoms with Crippen LogP contribution >= 0.6 is 11.8 Å². The molecule has 1 aliphatic heterocycles. The van der Waals surface area contributed by atoms with E-state index in [0.29, 0.717) is 38.3 Å². The van der Waals surface area contributed by atoms with E-state index in [1.54, 1.807) is 38.1 Å². The first kappa shape index (κ1) is 22.0. The molecule has 2 heterocycles. The third-order valence-electron chi connectivity index (χ3n) is 4.89. The number of nitrogens with zero attached hydrogens (tertiary/aromatic N) is 3. The number of amides is 1. The van der Waals surface area contributed by atoms with Gasteiger partial charge in [0, 0.05) is 37.3 Å². The normalized spacial score (nSPS) is 14.9. The molecule has 1 aromatic heterocycles. The van der Waals surface area contributed by atoms with Crippen LogP contribution in [0.4, 0.5) is 5.82 Å². The van der Waals surface area contributed by atoms with Crippen LogP contribution in [0.5, 0.6) is 5.75 Å². The topological polar surface area (TPSA) is 72.0 Å². The molecule has 1 unspecified atom stereocenters. The van der Waals surface area contributed by atoms with Gasteiger partial charge in [-0.25, -0.2) is 9.78 Å². The van der Waals surface area contributed by atoms with Gasteiger partial charge in [0.2, 0.25) is 5.91 Å². The number of ether oxygens (including phenoxy) is 2. The van der Waals surface area contributed by atoms with Gasteiger partial charge in [-0.2, -0.15) is 0 Å². The van der Waals surface area contributed by atoms with Crippen molar-refractivity contribution in [1.82, 2.24) is 9.88 Å². The number of pyridine rings is 1. The van der Waals surface area contributed by atoms with E-state index >= 15 is 0 Å². The molecule has 1 aromatic carbocycles. The molecule has 2 aromatic rings. The summed E-state index contributed by atoms with van der Waals surface area (Å²) in [5, 5.41) is -0.160. The second-order valence-corrected chi connectivity index (χ2v) is 8.29. The summed E-state index contributed by atoms with van der Waals surface area (Å²) in [6.07, 6.45) is 1.54. The minimum Gasteiger partial charge on any atom is -0.497 e. The van der Waals surface area contributed by atoms with Gasteiger partial charge >= 0.3 is 5.97 Å². The molecular weight excluding hydrogens is 402 g/mol. The smallest absolute Gasteiger partial charge is 0.339 e. The van der Waals surface area contributed by atoms with Gasteiger partial charge in [-0.3, -0.25) is 4.79 Å². The fourth-order valence-corrected chi connectivity index (χ4v) is 4.18. The van der Waals surface area contributed by atoms with Crippen LogP contribution in [0.15, 0.2) is 47.5 Å². The minimum absolute atomic E-state index is 0.140. The number of piperazine rings is 1. The number of hydrogen-bond acceptors (Lipinski definition) is 7. The van der Waals surface area contributed by atoms with Crippen molar-refractivity contribution in [2.45, 2.75) is 24.0 Å². The zero-order chi connectivity index (χ0) is 21.5. The Morgan fingerprint density at radius 3 is 2.37 bits per heavy atom. The molecule has 0 spiro atoms. The molecule has 0 bridgehead atoms. The van der Waals surface area contributed by atoms with Crippen LogP contribution in [-0.4, -0.2) is 66.9 Å². The zero-order valence-corrected chi connectivity index (χ0v) is 18.4. The number of aromatic nitrogens is 1. The highest BCUT2D eigenvalue weighted by Gasteiger charge is 2.26. The zero-order valence-electron chi connectivity index (χ0n) is 17.5. The Bertz CT molecular complexity index is 850. The molecule has 0 radical (unpaired) electrons. The highest BCUT2D eigenvalue weighted by Crippen LogP contribution is 2.27. The first-order valence-electron chi connectivity index (χ1n) is 9.99. The lowest BCUT2D eigenvalue weighted by Crippen LogP contribution is -2.50. The third-order valence-corrected chi connectivity index (χ3v) is 5.99. The van der Waals surface area contributed by atoms with Gasteiger partial charge in [0.25, 0.3) is 0 Å². The summed E-state index contributed by atoms with van der Waals surface area (Å²) in [6, 6.07) is 11.3. The van der Waals surface area contributed by atoms with Crippen molar-refractivity contribution in [2.75, 3.05) is 44.8 Å². The van der Waals surface area contributed by atoms with Crippen LogP contribution in [0.25, 0.3) is 0 Å². The fourth-order valence-electron chi connectivity index (χ4n) is 3.23. The SMILES string of the molecule is CCOC(=O)c1ccc(N2CCN(C(=O)C(C)Sc3ccc(OC)cc3)CC2)nc1. The fraction of sp³-hybridized carbons (Fsp3) is 0.409. The van der Waals surface area contributed by atoms with Crippen molar-refractivity contribution < 1.29 is 19.1 Å². The summed E-state index contributed by atoms with van der Waals surface area (Å²) < 4.78 is 10.2. The molecule has 1 atom stereocenters. The Labute approximate surface area is 181 Å². The minimum atomic E-state index is -0.365. The number of esters is 1. The Morgan fingerprint density at radius 2 is 1.80 bits per heavy atom. The predicted octanol–water partition coefficient (Wildman–Crippen LogP) is 3.10. The van der Waals surface area contributed by atoms with Gasteiger partial charge < -0.3 is 19.3 Å². The summed E-state index contributed by atoms with van der Waals surface area (Å²) in [4.78, 5) is 34.1. The summed E-state index contributed by atoms with van der Waals surface area (Å²) in [7, 11) is 1.64. The van der Waals surface area contributed by atoms with Gasteiger partial charge in [0.05, 0.1) is 24.5 Å². The van der Waals surface area contributed by atoms with Crippen LogP contribution in [0.3, 0.4) is 0 Å². The van der Waals surface area contributed by atoms with Gasteiger partial charge in [0.1, 0.15) is 11.6 Å². The lowest BCUT2D eigenvalue weighted by Gasteiger charge is -2.36. The highest BCUT2D eigenvalue weighted by molar-refractivity contribution is 8.00. The molecule has 1 fully saturated rings. The van der Waals surface area contributed by atoms with Crippen molar-refractivity contribution in [1.29, 1.82) is 0 Å². The number of hydrogen-bond donors (Lipinski definition) is 0. The monoisotopic (exact) mass is 429 g/mol. The molecule has 7 nitrogen and oxygen atoms in total. The summed E-state index contributed by atoms with van der Waals surface area (Å²) in [5.41, 5.74) is 0.443. The molecular formula is C22H27N3O4S. The third kappa shape index (κ3) is 5.44. The van der Waals surface area contributed by atoms with E-state index in [9.17, 15) is 9.59 Å². The van der Waals surface area contributed by atoms with E-state index in [1.807, 2.05) is 42.2 Å². The van der Waals surface area contributed by atoms with E-state index in [1.165, 1.54) is 0 Å². The van der Waals surface area contributed by atoms with Crippen LogP contribution in [0.1, 0.15) is 24.2 Å². The second-order valence-electron chi connectivity index (χ2n) is 6.87. The largest absolute Gasteiger partial charge is 0.497 e. The first-order chi connectivity index (χ1) is 14.5. The molecule has 1 saturated heterocycles. The summed E-state index contributed by atoms with van der Waals surface area (Å²) >= 11 is 1.55. The maximum Gasteiger partial charge on any atom is 0.339 e. The number of thioether (sulfide) groups is 1. The maximum absolute atomic E-state index is 12.8. The average Bonchev–Trinajstić information content (AvgIpc) is 2.79. The standard InChI is InChI=1S/C22H27N3O4S/c1-4-29-22(27)17-5-10-20(23-15-17)24-11-13-25(14-12-24)21(26)16(2)30-19-8-6-18(28-3)7-9-19/h5-10,15-16H,4,11-14H2,1-3H3. The molecule has 30 heavy (non-hydrogen) atoms. The molecule has 3 rings (SSSR count). The average molecular weight is 430 g/mol. The lowest BCUT2D eigenvalue weighted by molar-refractivity contribution is -0.130. The first-order valence-corrected chi connectivity index (χ1v) is 10.9. The van der Waals surface area contributed by atoms with Crippen LogP contribution in [-0.2, 0) is 9.53 Å². The van der Waals surface area contributed by atoms with Crippen molar-refractivity contribution in [3.05, 3.63) is 48.2 Å². The number of carbonyl (C=O) groups is 2. The number of anilines is 1. The predicted molar refractivity (Wildman–Crippen MR) is 117 cm³/mol. The molecule has 8 heteroatoms. The number of rotatable bonds is 7.